The lowest BCUT2D eigenvalue weighted by molar-refractivity contribution is -0.162. The Balaban J connectivity index is 2.37. The van der Waals surface area contributed by atoms with E-state index in [0.29, 0.717) is 26.2 Å². The largest absolute Gasteiger partial charge is 0.397 e. The van der Waals surface area contributed by atoms with Gasteiger partial charge in [-0.3, -0.25) is 9.69 Å². The van der Waals surface area contributed by atoms with E-state index >= 15 is 0 Å². The van der Waals surface area contributed by atoms with Crippen LogP contribution in [0.25, 0.3) is 0 Å². The van der Waals surface area contributed by atoms with Gasteiger partial charge in [-0.25, -0.2) is 0 Å². The highest BCUT2D eigenvalue weighted by molar-refractivity contribution is 5.76. The molecule has 1 saturated heterocycles. The third-order valence-corrected chi connectivity index (χ3v) is 2.77. The van der Waals surface area contributed by atoms with Crippen molar-refractivity contribution in [2.75, 3.05) is 32.7 Å². The highest BCUT2D eigenvalue weighted by atomic mass is 19.4. The van der Waals surface area contributed by atoms with Crippen LogP contribution >= 0.6 is 0 Å². The van der Waals surface area contributed by atoms with Gasteiger partial charge >= 0.3 is 6.18 Å². The third-order valence-electron chi connectivity index (χ3n) is 2.77. The molecule has 0 bridgehead atoms. The van der Waals surface area contributed by atoms with Crippen LogP contribution in [0, 0.1) is 5.41 Å². The van der Waals surface area contributed by atoms with Crippen LogP contribution in [0.2, 0.25) is 0 Å². The van der Waals surface area contributed by atoms with Gasteiger partial charge in [-0.1, -0.05) is 20.8 Å². The van der Waals surface area contributed by atoms with Crippen LogP contribution in [0.15, 0.2) is 0 Å². The highest BCUT2D eigenvalue weighted by Gasteiger charge is 2.34. The van der Waals surface area contributed by atoms with E-state index < -0.39 is 18.5 Å². The van der Waals surface area contributed by atoms with Crippen LogP contribution < -0.4 is 0 Å². The van der Waals surface area contributed by atoms with Crippen molar-refractivity contribution < 1.29 is 18.0 Å². The summed E-state index contributed by atoms with van der Waals surface area (Å²) in [7, 11) is 0. The van der Waals surface area contributed by atoms with Crippen LogP contribution in [0.3, 0.4) is 0 Å². The molecule has 1 amide bonds. The Morgan fingerprint density at radius 3 is 1.94 bits per heavy atom. The minimum atomic E-state index is -4.40. The zero-order valence-corrected chi connectivity index (χ0v) is 11.2. The third kappa shape index (κ3) is 5.71. The minimum Gasteiger partial charge on any atom is -0.340 e. The van der Waals surface area contributed by atoms with Gasteiger partial charge < -0.3 is 4.90 Å². The molecule has 0 aliphatic carbocycles. The molecule has 0 aromatic heterocycles. The summed E-state index contributed by atoms with van der Waals surface area (Å²) in [6.45, 7) is 9.35. The summed E-state index contributed by atoms with van der Waals surface area (Å²) in [6.07, 6.45) is -5.74. The second-order valence-corrected chi connectivity index (χ2v) is 6.01. The van der Waals surface area contributed by atoms with Crippen LogP contribution in [-0.4, -0.2) is 54.6 Å². The van der Waals surface area contributed by atoms with E-state index in [2.05, 4.69) is 25.7 Å². The number of piperazine rings is 1. The summed E-state index contributed by atoms with van der Waals surface area (Å²) in [4.78, 5) is 14.9. The van der Waals surface area contributed by atoms with E-state index in [4.69, 9.17) is 0 Å². The number of hydrogen-bond donors (Lipinski definition) is 0. The fourth-order valence-corrected chi connectivity index (χ4v) is 2.11. The molecule has 0 spiro atoms. The fraction of sp³-hybridized carbons (Fsp3) is 0.917. The van der Waals surface area contributed by atoms with Gasteiger partial charge in [-0.15, -0.1) is 0 Å². The molecule has 1 fully saturated rings. The molecule has 1 rings (SSSR count). The van der Waals surface area contributed by atoms with Crippen LogP contribution in [-0.2, 0) is 4.79 Å². The molecule has 106 valence electrons. The SMILES string of the molecule is CC(C)(C)CN1CCN(C(=O)CC(F)(F)F)CC1. The number of rotatable bonds is 2. The standard InChI is InChI=1S/C12H21F3N2O/c1-11(2,3)9-16-4-6-17(7-5-16)10(18)8-12(13,14)15/h4-9H2,1-3H3. The Kier molecular flexibility index (Phi) is 4.64. The molecule has 0 atom stereocenters. The first kappa shape index (κ1) is 15.3. The minimum absolute atomic E-state index is 0.165. The van der Waals surface area contributed by atoms with Crippen molar-refractivity contribution in [3.63, 3.8) is 0 Å². The molecular weight excluding hydrogens is 245 g/mol. The Labute approximate surface area is 106 Å². The summed E-state index contributed by atoms with van der Waals surface area (Å²) in [5, 5.41) is 0. The maximum absolute atomic E-state index is 12.1. The Morgan fingerprint density at radius 2 is 1.56 bits per heavy atom. The van der Waals surface area contributed by atoms with Crippen molar-refractivity contribution in [3.8, 4) is 0 Å². The molecule has 0 aromatic rings. The number of nitrogens with zero attached hydrogens (tertiary/aromatic N) is 2. The van der Waals surface area contributed by atoms with E-state index in [1.165, 1.54) is 4.90 Å². The van der Waals surface area contributed by atoms with Crippen molar-refractivity contribution in [1.82, 2.24) is 9.80 Å². The van der Waals surface area contributed by atoms with E-state index in [-0.39, 0.29) is 5.41 Å². The Bertz CT molecular complexity index is 289. The van der Waals surface area contributed by atoms with Gasteiger partial charge in [0.15, 0.2) is 0 Å². The quantitative estimate of drug-likeness (QED) is 0.764. The second-order valence-electron chi connectivity index (χ2n) is 6.01. The normalized spacial score (nSPS) is 19.1. The lowest BCUT2D eigenvalue weighted by atomic mass is 9.96. The summed E-state index contributed by atoms with van der Waals surface area (Å²) in [6, 6.07) is 0. The van der Waals surface area contributed by atoms with Crippen molar-refractivity contribution >= 4 is 5.91 Å². The maximum atomic E-state index is 12.1. The molecule has 0 radical (unpaired) electrons. The molecule has 0 N–H and O–H groups in total. The monoisotopic (exact) mass is 266 g/mol. The van der Waals surface area contributed by atoms with E-state index in [9.17, 15) is 18.0 Å². The smallest absolute Gasteiger partial charge is 0.340 e. The molecule has 6 heteroatoms. The molecule has 1 heterocycles. The Morgan fingerprint density at radius 1 is 1.06 bits per heavy atom. The zero-order chi connectivity index (χ0) is 14.0. The van der Waals surface area contributed by atoms with Crippen molar-refractivity contribution in [1.29, 1.82) is 0 Å². The highest BCUT2D eigenvalue weighted by Crippen LogP contribution is 2.22. The number of amides is 1. The zero-order valence-electron chi connectivity index (χ0n) is 11.2. The van der Waals surface area contributed by atoms with E-state index in [0.717, 1.165) is 6.54 Å². The number of halogens is 3. The first-order valence-electron chi connectivity index (χ1n) is 6.14. The van der Waals surface area contributed by atoms with Crippen molar-refractivity contribution in [2.24, 2.45) is 5.41 Å². The molecule has 1 aliphatic rings. The predicted molar refractivity (Wildman–Crippen MR) is 63.1 cm³/mol. The van der Waals surface area contributed by atoms with Gasteiger partial charge in [0.1, 0.15) is 6.42 Å². The summed E-state index contributed by atoms with van der Waals surface area (Å²) >= 11 is 0. The molecule has 18 heavy (non-hydrogen) atoms. The molecule has 0 unspecified atom stereocenters. The van der Waals surface area contributed by atoms with Gasteiger partial charge in [0.25, 0.3) is 0 Å². The number of hydrogen-bond acceptors (Lipinski definition) is 2. The average molecular weight is 266 g/mol. The van der Waals surface area contributed by atoms with Gasteiger partial charge in [0, 0.05) is 32.7 Å². The average Bonchev–Trinajstić information content (AvgIpc) is 2.13. The lowest BCUT2D eigenvalue weighted by Crippen LogP contribution is -2.51. The first-order chi connectivity index (χ1) is 8.07. The molecule has 1 aliphatic heterocycles. The van der Waals surface area contributed by atoms with Crippen LogP contribution in [0.4, 0.5) is 13.2 Å². The summed E-state index contributed by atoms with van der Waals surface area (Å²) < 4.78 is 36.3. The van der Waals surface area contributed by atoms with Gasteiger partial charge in [-0.05, 0) is 5.41 Å². The second kappa shape index (κ2) is 5.47. The molecule has 3 nitrogen and oxygen atoms in total. The first-order valence-corrected chi connectivity index (χ1v) is 6.14. The van der Waals surface area contributed by atoms with Crippen LogP contribution in [0.5, 0.6) is 0 Å². The number of alkyl halides is 3. The van der Waals surface area contributed by atoms with Gasteiger partial charge in [-0.2, -0.15) is 13.2 Å². The number of carbonyl (C=O) groups is 1. The fourth-order valence-electron chi connectivity index (χ4n) is 2.11. The van der Waals surface area contributed by atoms with E-state index in [1.807, 2.05) is 0 Å². The molecular formula is C12H21F3N2O. The number of carbonyl (C=O) groups excluding carboxylic acids is 1. The summed E-state index contributed by atoms with van der Waals surface area (Å²) in [5.74, 6) is -0.807. The lowest BCUT2D eigenvalue weighted by Gasteiger charge is -2.37. The van der Waals surface area contributed by atoms with Crippen molar-refractivity contribution in [3.05, 3.63) is 0 Å². The topological polar surface area (TPSA) is 23.6 Å². The summed E-state index contributed by atoms with van der Waals surface area (Å²) in [5.41, 5.74) is 0.165. The predicted octanol–water partition coefficient (Wildman–Crippen LogP) is 2.13. The Hall–Kier alpha value is -0.780. The van der Waals surface area contributed by atoms with E-state index in [1.54, 1.807) is 0 Å². The van der Waals surface area contributed by atoms with Crippen molar-refractivity contribution in [2.45, 2.75) is 33.4 Å². The van der Waals surface area contributed by atoms with Gasteiger partial charge in [0.05, 0.1) is 0 Å². The van der Waals surface area contributed by atoms with Crippen LogP contribution in [0.1, 0.15) is 27.2 Å². The maximum Gasteiger partial charge on any atom is 0.397 e. The molecule has 0 aromatic carbocycles. The van der Waals surface area contributed by atoms with Gasteiger partial charge in [0.2, 0.25) is 5.91 Å². The molecule has 0 saturated carbocycles.